The van der Waals surface area contributed by atoms with E-state index in [1.807, 2.05) is 19.2 Å². The molecule has 0 saturated heterocycles. The van der Waals surface area contributed by atoms with Gasteiger partial charge in [0.2, 0.25) is 0 Å². The van der Waals surface area contributed by atoms with E-state index in [4.69, 9.17) is 11.6 Å². The second kappa shape index (κ2) is 6.33. The molecular weight excluding hydrogens is 280 g/mol. The summed E-state index contributed by atoms with van der Waals surface area (Å²) < 4.78 is 0. The van der Waals surface area contributed by atoms with Crippen LogP contribution in [0.25, 0.3) is 10.9 Å². The molecule has 2 N–H and O–H groups in total. The van der Waals surface area contributed by atoms with Crippen LogP contribution >= 0.6 is 11.6 Å². The maximum atomic E-state index is 6.29. The van der Waals surface area contributed by atoms with E-state index in [2.05, 4.69) is 52.8 Å². The average Bonchev–Trinajstić information content (AvgIpc) is 2.94. The van der Waals surface area contributed by atoms with Crippen LogP contribution < -0.4 is 5.32 Å². The smallest absolute Gasteiger partial charge is 0.0499 e. The molecular formula is C18H19ClN2. The van der Waals surface area contributed by atoms with Gasteiger partial charge in [0.25, 0.3) is 0 Å². The van der Waals surface area contributed by atoms with Crippen LogP contribution in [0.3, 0.4) is 0 Å². The van der Waals surface area contributed by atoms with Crippen molar-refractivity contribution in [2.24, 2.45) is 0 Å². The fourth-order valence-electron chi connectivity index (χ4n) is 2.80. The first-order valence-corrected chi connectivity index (χ1v) is 7.64. The van der Waals surface area contributed by atoms with Gasteiger partial charge in [-0.1, -0.05) is 48.0 Å². The molecule has 0 aliphatic heterocycles. The molecule has 0 aliphatic carbocycles. The summed E-state index contributed by atoms with van der Waals surface area (Å²) in [5, 5.41) is 5.14. The molecule has 2 nitrogen and oxygen atoms in total. The fraction of sp³-hybridized carbons (Fsp3) is 0.222. The van der Waals surface area contributed by atoms with Crippen molar-refractivity contribution in [3.63, 3.8) is 0 Å². The number of fused-ring (bicyclic) bond motifs is 1. The van der Waals surface area contributed by atoms with Crippen molar-refractivity contribution >= 4 is 22.5 Å². The SMILES string of the molecule is CNCCC(c1ccccc1)c1cc2c(Cl)cccc2[nH]1. The maximum Gasteiger partial charge on any atom is 0.0499 e. The zero-order valence-electron chi connectivity index (χ0n) is 12.1. The van der Waals surface area contributed by atoms with Crippen LogP contribution in [0.5, 0.6) is 0 Å². The van der Waals surface area contributed by atoms with E-state index in [-0.39, 0.29) is 0 Å². The predicted molar refractivity (Wildman–Crippen MR) is 90.1 cm³/mol. The molecule has 1 heterocycles. The van der Waals surface area contributed by atoms with Crippen molar-refractivity contribution < 1.29 is 0 Å². The van der Waals surface area contributed by atoms with E-state index in [0.29, 0.717) is 5.92 Å². The van der Waals surface area contributed by atoms with E-state index < -0.39 is 0 Å². The summed E-state index contributed by atoms with van der Waals surface area (Å²) in [6.45, 7) is 0.975. The Morgan fingerprint density at radius 3 is 2.62 bits per heavy atom. The van der Waals surface area contributed by atoms with Crippen LogP contribution in [-0.4, -0.2) is 18.6 Å². The average molecular weight is 299 g/mol. The molecule has 0 bridgehead atoms. The lowest BCUT2D eigenvalue weighted by atomic mass is 9.92. The number of aromatic nitrogens is 1. The summed E-state index contributed by atoms with van der Waals surface area (Å²) in [4.78, 5) is 3.53. The minimum absolute atomic E-state index is 0.349. The van der Waals surface area contributed by atoms with E-state index in [0.717, 1.165) is 28.9 Å². The third-order valence-electron chi connectivity index (χ3n) is 3.89. The Bertz CT molecular complexity index is 718. The van der Waals surface area contributed by atoms with Crippen LogP contribution in [-0.2, 0) is 0 Å². The molecule has 0 fully saturated rings. The molecule has 3 aromatic rings. The number of nitrogens with one attached hydrogen (secondary N) is 2. The lowest BCUT2D eigenvalue weighted by Crippen LogP contribution is -2.13. The van der Waals surface area contributed by atoms with E-state index >= 15 is 0 Å². The minimum atomic E-state index is 0.349. The number of rotatable bonds is 5. The van der Waals surface area contributed by atoms with Gasteiger partial charge in [0.15, 0.2) is 0 Å². The van der Waals surface area contributed by atoms with Gasteiger partial charge >= 0.3 is 0 Å². The monoisotopic (exact) mass is 298 g/mol. The molecule has 0 aliphatic rings. The van der Waals surface area contributed by atoms with Gasteiger partial charge in [0.05, 0.1) is 0 Å². The molecule has 3 rings (SSSR count). The molecule has 0 radical (unpaired) electrons. The van der Waals surface area contributed by atoms with Crippen molar-refractivity contribution in [3.05, 3.63) is 70.9 Å². The summed E-state index contributed by atoms with van der Waals surface area (Å²) in [5.41, 5.74) is 3.65. The molecule has 1 unspecified atom stereocenters. The Kier molecular flexibility index (Phi) is 4.28. The molecule has 3 heteroatoms. The lowest BCUT2D eigenvalue weighted by molar-refractivity contribution is 0.653. The third-order valence-corrected chi connectivity index (χ3v) is 4.22. The number of halogens is 1. The van der Waals surface area contributed by atoms with Crippen molar-refractivity contribution in [2.45, 2.75) is 12.3 Å². The Morgan fingerprint density at radius 1 is 1.10 bits per heavy atom. The number of benzene rings is 2. The fourth-order valence-corrected chi connectivity index (χ4v) is 3.03. The molecule has 1 atom stereocenters. The van der Waals surface area contributed by atoms with Crippen LogP contribution in [0.15, 0.2) is 54.6 Å². The van der Waals surface area contributed by atoms with Gasteiger partial charge in [0, 0.05) is 27.5 Å². The Hall–Kier alpha value is -1.77. The Labute approximate surface area is 130 Å². The number of aromatic amines is 1. The largest absolute Gasteiger partial charge is 0.358 e. The van der Waals surface area contributed by atoms with Crippen molar-refractivity contribution in [1.29, 1.82) is 0 Å². The van der Waals surface area contributed by atoms with Gasteiger partial charge < -0.3 is 10.3 Å². The first-order valence-electron chi connectivity index (χ1n) is 7.26. The van der Waals surface area contributed by atoms with Gasteiger partial charge in [0.1, 0.15) is 0 Å². The van der Waals surface area contributed by atoms with Gasteiger partial charge in [-0.25, -0.2) is 0 Å². The molecule has 21 heavy (non-hydrogen) atoms. The maximum absolute atomic E-state index is 6.29. The highest BCUT2D eigenvalue weighted by molar-refractivity contribution is 6.35. The molecule has 0 spiro atoms. The Balaban J connectivity index is 2.03. The second-order valence-corrected chi connectivity index (χ2v) is 5.69. The van der Waals surface area contributed by atoms with E-state index in [1.54, 1.807) is 0 Å². The van der Waals surface area contributed by atoms with E-state index in [9.17, 15) is 0 Å². The first-order chi connectivity index (χ1) is 10.3. The van der Waals surface area contributed by atoms with Gasteiger partial charge in [-0.15, -0.1) is 0 Å². The second-order valence-electron chi connectivity index (χ2n) is 5.28. The Morgan fingerprint density at radius 2 is 1.90 bits per heavy atom. The van der Waals surface area contributed by atoms with Crippen molar-refractivity contribution in [3.8, 4) is 0 Å². The van der Waals surface area contributed by atoms with Crippen LogP contribution in [0.1, 0.15) is 23.6 Å². The molecule has 0 saturated carbocycles. The van der Waals surface area contributed by atoms with Crippen LogP contribution in [0.4, 0.5) is 0 Å². The van der Waals surface area contributed by atoms with Gasteiger partial charge in [-0.3, -0.25) is 0 Å². The van der Waals surface area contributed by atoms with Crippen molar-refractivity contribution in [1.82, 2.24) is 10.3 Å². The number of H-pyrrole nitrogens is 1. The minimum Gasteiger partial charge on any atom is -0.358 e. The third kappa shape index (κ3) is 2.97. The summed E-state index contributed by atoms with van der Waals surface area (Å²) in [7, 11) is 1.99. The van der Waals surface area contributed by atoms with Gasteiger partial charge in [-0.05, 0) is 43.8 Å². The standard InChI is InChI=1S/C18H19ClN2/c1-20-11-10-14(13-6-3-2-4-7-13)18-12-15-16(19)8-5-9-17(15)21-18/h2-9,12,14,20-21H,10-11H2,1H3. The quantitative estimate of drug-likeness (QED) is 0.710. The normalized spacial score (nSPS) is 12.7. The zero-order valence-corrected chi connectivity index (χ0v) is 12.8. The van der Waals surface area contributed by atoms with Gasteiger partial charge in [-0.2, -0.15) is 0 Å². The predicted octanol–water partition coefficient (Wildman–Crippen LogP) is 4.56. The number of hydrogen-bond acceptors (Lipinski definition) is 1. The highest BCUT2D eigenvalue weighted by Crippen LogP contribution is 2.32. The molecule has 2 aromatic carbocycles. The summed E-state index contributed by atoms with van der Waals surface area (Å²) in [6.07, 6.45) is 1.05. The van der Waals surface area contributed by atoms with Crippen molar-refractivity contribution in [2.75, 3.05) is 13.6 Å². The lowest BCUT2D eigenvalue weighted by Gasteiger charge is -2.16. The van der Waals surface area contributed by atoms with E-state index in [1.165, 1.54) is 11.3 Å². The van der Waals surface area contributed by atoms with Crippen LogP contribution in [0.2, 0.25) is 5.02 Å². The zero-order chi connectivity index (χ0) is 14.7. The molecule has 108 valence electrons. The van der Waals surface area contributed by atoms with Crippen LogP contribution in [0, 0.1) is 0 Å². The topological polar surface area (TPSA) is 27.8 Å². The summed E-state index contributed by atoms with van der Waals surface area (Å²) in [6, 6.07) is 18.8. The summed E-state index contributed by atoms with van der Waals surface area (Å²) in [5.74, 6) is 0.349. The highest BCUT2D eigenvalue weighted by Gasteiger charge is 2.16. The molecule has 0 amide bonds. The number of hydrogen-bond donors (Lipinski definition) is 2. The summed E-state index contributed by atoms with van der Waals surface area (Å²) >= 11 is 6.29. The first kappa shape index (κ1) is 14.2. The highest BCUT2D eigenvalue weighted by atomic mass is 35.5. The molecule has 1 aromatic heterocycles.